The van der Waals surface area contributed by atoms with E-state index in [1.807, 2.05) is 24.3 Å². The normalized spacial score (nSPS) is 24.6. The molecule has 0 saturated heterocycles. The smallest absolute Gasteiger partial charge is 0.407 e. The van der Waals surface area contributed by atoms with Gasteiger partial charge in [-0.3, -0.25) is 9.59 Å². The van der Waals surface area contributed by atoms with Gasteiger partial charge in [0.25, 0.3) is 0 Å². The van der Waals surface area contributed by atoms with Gasteiger partial charge in [0.1, 0.15) is 12.7 Å². The van der Waals surface area contributed by atoms with Crippen molar-refractivity contribution in [2.75, 3.05) is 20.3 Å². The molecule has 8 heteroatoms. The van der Waals surface area contributed by atoms with E-state index < -0.39 is 23.6 Å². The summed E-state index contributed by atoms with van der Waals surface area (Å²) in [5, 5.41) is 15.0. The van der Waals surface area contributed by atoms with Crippen LogP contribution in [0.4, 0.5) is 4.79 Å². The van der Waals surface area contributed by atoms with Crippen molar-refractivity contribution in [2.24, 2.45) is 11.3 Å². The van der Waals surface area contributed by atoms with Crippen LogP contribution >= 0.6 is 0 Å². The minimum atomic E-state index is -0.769. The van der Waals surface area contributed by atoms with Gasteiger partial charge in [0.2, 0.25) is 5.91 Å². The number of carboxylic acids is 1. The van der Waals surface area contributed by atoms with E-state index in [1.165, 1.54) is 18.2 Å². The van der Waals surface area contributed by atoms with Crippen molar-refractivity contribution in [2.45, 2.75) is 43.7 Å². The SMILES string of the molecule is COC(CCNC(=O)OCC1c2ccccc2-c2ccccc21)C(=O)N[C@@H]1C[C@H]2C[C@@]2(C(=O)O)C1. The highest BCUT2D eigenvalue weighted by Crippen LogP contribution is 2.63. The van der Waals surface area contributed by atoms with Gasteiger partial charge in [-0.2, -0.15) is 0 Å². The Morgan fingerprint density at radius 1 is 1.06 bits per heavy atom. The number of carboxylic acid groups (broad SMARTS) is 1. The van der Waals surface area contributed by atoms with Crippen LogP contribution in [0.25, 0.3) is 11.1 Å². The highest BCUT2D eigenvalue weighted by Gasteiger charge is 2.65. The molecule has 2 aromatic carbocycles. The van der Waals surface area contributed by atoms with Gasteiger partial charge in [-0.05, 0) is 47.4 Å². The predicted octanol–water partition coefficient (Wildman–Crippen LogP) is 3.30. The third kappa shape index (κ3) is 4.38. The van der Waals surface area contributed by atoms with Crippen LogP contribution in [-0.4, -0.2) is 55.5 Å². The first-order valence-electron chi connectivity index (χ1n) is 12.1. The Bertz CT molecular complexity index is 1100. The zero-order valence-electron chi connectivity index (χ0n) is 19.7. The Hall–Kier alpha value is -3.39. The molecule has 0 aliphatic heterocycles. The van der Waals surface area contributed by atoms with Crippen LogP contribution < -0.4 is 10.6 Å². The second-order valence-corrected chi connectivity index (χ2v) is 9.77. The summed E-state index contributed by atoms with van der Waals surface area (Å²) in [4.78, 5) is 36.4. The van der Waals surface area contributed by atoms with Crippen molar-refractivity contribution in [3.63, 3.8) is 0 Å². The minimum Gasteiger partial charge on any atom is -0.481 e. The Balaban J connectivity index is 1.08. The molecule has 2 fully saturated rings. The largest absolute Gasteiger partial charge is 0.481 e. The maximum absolute atomic E-state index is 12.6. The molecule has 3 aliphatic carbocycles. The Labute approximate surface area is 204 Å². The van der Waals surface area contributed by atoms with Crippen molar-refractivity contribution in [3.05, 3.63) is 59.7 Å². The molecule has 35 heavy (non-hydrogen) atoms. The standard InChI is InChI=1S/C27H30N2O6/c1-34-23(24(30)29-17-12-16-13-27(16,14-17)25(31)32)10-11-28-26(33)35-15-22-20-8-4-2-6-18(20)19-7-3-5-9-21(19)22/h2-9,16-17,22-23H,10-15H2,1H3,(H,28,33)(H,29,30)(H,31,32)/t16-,17+,23?,27+/m0/s1. The summed E-state index contributed by atoms with van der Waals surface area (Å²) in [7, 11) is 1.45. The van der Waals surface area contributed by atoms with Crippen LogP contribution in [-0.2, 0) is 19.1 Å². The molecule has 8 nitrogen and oxygen atoms in total. The van der Waals surface area contributed by atoms with E-state index in [4.69, 9.17) is 9.47 Å². The highest BCUT2D eigenvalue weighted by atomic mass is 16.5. The Morgan fingerprint density at radius 2 is 1.71 bits per heavy atom. The summed E-state index contributed by atoms with van der Waals surface area (Å²) in [5.74, 6) is -0.914. The summed E-state index contributed by atoms with van der Waals surface area (Å²) >= 11 is 0. The second kappa shape index (κ2) is 9.34. The third-order valence-corrected chi connectivity index (χ3v) is 7.78. The van der Waals surface area contributed by atoms with Gasteiger partial charge in [0.05, 0.1) is 5.41 Å². The van der Waals surface area contributed by atoms with Crippen LogP contribution in [0.15, 0.2) is 48.5 Å². The number of carbonyl (C=O) groups excluding carboxylic acids is 2. The molecular formula is C27H30N2O6. The summed E-state index contributed by atoms with van der Waals surface area (Å²) in [6, 6.07) is 16.1. The first-order chi connectivity index (χ1) is 16.9. The van der Waals surface area contributed by atoms with E-state index in [9.17, 15) is 19.5 Å². The van der Waals surface area contributed by atoms with Crippen LogP contribution in [0.2, 0.25) is 0 Å². The van der Waals surface area contributed by atoms with Gasteiger partial charge in [-0.1, -0.05) is 48.5 Å². The summed E-state index contributed by atoms with van der Waals surface area (Å²) < 4.78 is 10.8. The summed E-state index contributed by atoms with van der Waals surface area (Å²) in [6.07, 6.45) is 0.863. The fourth-order valence-electron chi connectivity index (χ4n) is 5.87. The lowest BCUT2D eigenvalue weighted by Crippen LogP contribution is -2.43. The van der Waals surface area contributed by atoms with Crippen molar-refractivity contribution in [3.8, 4) is 11.1 Å². The van der Waals surface area contributed by atoms with E-state index in [0.29, 0.717) is 19.3 Å². The second-order valence-electron chi connectivity index (χ2n) is 9.77. The van der Waals surface area contributed by atoms with Crippen LogP contribution in [0.3, 0.4) is 0 Å². The molecule has 0 aromatic heterocycles. The third-order valence-electron chi connectivity index (χ3n) is 7.78. The quantitative estimate of drug-likeness (QED) is 0.510. The van der Waals surface area contributed by atoms with Crippen molar-refractivity contribution < 1.29 is 29.0 Å². The number of carbonyl (C=O) groups is 3. The molecule has 2 saturated carbocycles. The zero-order chi connectivity index (χ0) is 24.6. The molecule has 3 aliphatic rings. The molecule has 2 aromatic rings. The molecule has 2 amide bonds. The number of hydrogen-bond donors (Lipinski definition) is 3. The Morgan fingerprint density at radius 3 is 2.31 bits per heavy atom. The molecule has 4 atom stereocenters. The monoisotopic (exact) mass is 478 g/mol. The molecule has 0 radical (unpaired) electrons. The number of amides is 2. The molecule has 3 N–H and O–H groups in total. The first-order valence-corrected chi connectivity index (χ1v) is 12.1. The molecule has 0 heterocycles. The molecular weight excluding hydrogens is 448 g/mol. The van der Waals surface area contributed by atoms with Gasteiger partial charge in [0.15, 0.2) is 0 Å². The number of fused-ring (bicyclic) bond motifs is 4. The predicted molar refractivity (Wildman–Crippen MR) is 128 cm³/mol. The van der Waals surface area contributed by atoms with Crippen molar-refractivity contribution in [1.29, 1.82) is 0 Å². The van der Waals surface area contributed by atoms with Gasteiger partial charge >= 0.3 is 12.1 Å². The Kier molecular flexibility index (Phi) is 6.23. The van der Waals surface area contributed by atoms with Gasteiger partial charge in [0, 0.05) is 32.0 Å². The highest BCUT2D eigenvalue weighted by molar-refractivity contribution is 5.83. The molecule has 1 unspecified atom stereocenters. The van der Waals surface area contributed by atoms with Gasteiger partial charge in [-0.25, -0.2) is 4.79 Å². The zero-order valence-corrected chi connectivity index (χ0v) is 19.7. The number of aliphatic carboxylic acids is 1. The lowest BCUT2D eigenvalue weighted by molar-refractivity contribution is -0.144. The average molecular weight is 479 g/mol. The number of ether oxygens (including phenoxy) is 2. The maximum atomic E-state index is 12.6. The number of hydrogen-bond acceptors (Lipinski definition) is 5. The van der Waals surface area contributed by atoms with Crippen molar-refractivity contribution >= 4 is 18.0 Å². The van der Waals surface area contributed by atoms with E-state index in [-0.39, 0.29) is 43.4 Å². The summed E-state index contributed by atoms with van der Waals surface area (Å²) in [6.45, 7) is 0.442. The maximum Gasteiger partial charge on any atom is 0.407 e. The van der Waals surface area contributed by atoms with Crippen LogP contribution in [0, 0.1) is 11.3 Å². The average Bonchev–Trinajstić information content (AvgIpc) is 3.29. The lowest BCUT2D eigenvalue weighted by Gasteiger charge is -2.21. The van der Waals surface area contributed by atoms with Gasteiger partial charge in [-0.15, -0.1) is 0 Å². The molecule has 0 bridgehead atoms. The van der Waals surface area contributed by atoms with Crippen LogP contribution in [0.1, 0.15) is 42.7 Å². The van der Waals surface area contributed by atoms with Crippen LogP contribution in [0.5, 0.6) is 0 Å². The minimum absolute atomic E-state index is 0.0163. The fraction of sp³-hybridized carbons (Fsp3) is 0.444. The lowest BCUT2D eigenvalue weighted by atomic mass is 9.98. The number of rotatable bonds is 9. The van der Waals surface area contributed by atoms with Crippen molar-refractivity contribution in [1.82, 2.24) is 10.6 Å². The fourth-order valence-corrected chi connectivity index (χ4v) is 5.87. The van der Waals surface area contributed by atoms with E-state index in [2.05, 4.69) is 34.9 Å². The van der Waals surface area contributed by atoms with E-state index >= 15 is 0 Å². The number of benzene rings is 2. The number of nitrogens with one attached hydrogen (secondary N) is 2. The molecule has 5 rings (SSSR count). The summed E-state index contributed by atoms with van der Waals surface area (Å²) in [5.41, 5.74) is 3.98. The number of methoxy groups -OCH3 is 1. The topological polar surface area (TPSA) is 114 Å². The molecule has 0 spiro atoms. The van der Waals surface area contributed by atoms with E-state index in [1.54, 1.807) is 0 Å². The molecule has 184 valence electrons. The van der Waals surface area contributed by atoms with E-state index in [0.717, 1.165) is 11.1 Å². The first kappa shape index (κ1) is 23.4. The number of alkyl carbamates (subject to hydrolysis) is 1. The van der Waals surface area contributed by atoms with Gasteiger partial charge < -0.3 is 25.2 Å².